The van der Waals surface area contributed by atoms with E-state index in [2.05, 4.69) is 6.58 Å². The van der Waals surface area contributed by atoms with Crippen molar-refractivity contribution in [3.05, 3.63) is 48.6 Å². The number of benzene rings is 1. The molecule has 0 amide bonds. The first kappa shape index (κ1) is 8.72. The van der Waals surface area contributed by atoms with E-state index in [0.29, 0.717) is 12.8 Å². The first-order chi connectivity index (χ1) is 5.83. The summed E-state index contributed by atoms with van der Waals surface area (Å²) in [6.45, 7) is 3.52. The Balaban J connectivity index is 2.52. The Morgan fingerprint density at radius 3 is 2.58 bits per heavy atom. The van der Waals surface area contributed by atoms with E-state index in [1.165, 1.54) is 0 Å². The van der Waals surface area contributed by atoms with Gasteiger partial charge >= 0.3 is 0 Å². The van der Waals surface area contributed by atoms with Crippen LogP contribution in [0.1, 0.15) is 12.0 Å². The molecule has 1 nitrogen and oxygen atoms in total. The highest BCUT2D eigenvalue weighted by molar-refractivity contribution is 5.82. The maximum atomic E-state index is 11.1. The van der Waals surface area contributed by atoms with Gasteiger partial charge < -0.3 is 0 Å². The minimum atomic E-state index is 0.219. The van der Waals surface area contributed by atoms with Gasteiger partial charge in [-0.1, -0.05) is 36.4 Å². The molecule has 0 bridgehead atoms. The molecule has 1 aromatic carbocycles. The van der Waals surface area contributed by atoms with Crippen molar-refractivity contribution in [3.8, 4) is 0 Å². The van der Waals surface area contributed by atoms with Gasteiger partial charge in [0.25, 0.3) is 0 Å². The number of hydrogen-bond acceptors (Lipinski definition) is 1. The molecule has 1 aromatic rings. The molecule has 0 aliphatic heterocycles. The largest absolute Gasteiger partial charge is 0.299 e. The molecule has 0 N–H and O–H groups in total. The highest BCUT2D eigenvalue weighted by Gasteiger charge is 1.99. The average molecular weight is 160 g/mol. The maximum Gasteiger partial charge on any atom is 0.140 e. The third-order valence-corrected chi connectivity index (χ3v) is 1.62. The van der Waals surface area contributed by atoms with E-state index in [0.717, 1.165) is 5.56 Å². The fourth-order valence-corrected chi connectivity index (χ4v) is 1.06. The first-order valence-electron chi connectivity index (χ1n) is 3.99. The number of carbonyl (C=O) groups excluding carboxylic acids is 1. The zero-order chi connectivity index (χ0) is 8.81. The number of carbonyl (C=O) groups is 1. The molecule has 62 valence electrons. The van der Waals surface area contributed by atoms with Gasteiger partial charge in [0.15, 0.2) is 0 Å². The summed E-state index contributed by atoms with van der Waals surface area (Å²) in [4.78, 5) is 11.1. The summed E-state index contributed by atoms with van der Waals surface area (Å²) < 4.78 is 0. The molecule has 0 aromatic heterocycles. The zero-order valence-electron chi connectivity index (χ0n) is 6.99. The van der Waals surface area contributed by atoms with Crippen LogP contribution in [-0.4, -0.2) is 5.78 Å². The number of rotatable bonds is 4. The number of allylic oxidation sites excluding steroid dienone is 1. The van der Waals surface area contributed by atoms with Crippen LogP contribution in [0.25, 0.3) is 0 Å². The second kappa shape index (κ2) is 4.50. The van der Waals surface area contributed by atoms with E-state index < -0.39 is 0 Å². The molecular weight excluding hydrogens is 148 g/mol. The van der Waals surface area contributed by atoms with Crippen molar-refractivity contribution in [2.45, 2.75) is 12.8 Å². The molecule has 0 saturated carbocycles. The second-order valence-electron chi connectivity index (χ2n) is 2.69. The van der Waals surface area contributed by atoms with Crippen molar-refractivity contribution in [2.24, 2.45) is 0 Å². The minimum absolute atomic E-state index is 0.219. The number of ketones is 1. The lowest BCUT2D eigenvalue weighted by molar-refractivity contribution is -0.117. The van der Waals surface area contributed by atoms with Crippen molar-refractivity contribution in [1.29, 1.82) is 0 Å². The van der Waals surface area contributed by atoms with E-state index in [1.54, 1.807) is 6.08 Å². The van der Waals surface area contributed by atoms with Crippen molar-refractivity contribution in [1.82, 2.24) is 0 Å². The van der Waals surface area contributed by atoms with Gasteiger partial charge in [-0.25, -0.2) is 0 Å². The Labute approximate surface area is 72.7 Å². The Kier molecular flexibility index (Phi) is 3.27. The van der Waals surface area contributed by atoms with Crippen molar-refractivity contribution in [3.63, 3.8) is 0 Å². The molecule has 0 heterocycles. The molecule has 12 heavy (non-hydrogen) atoms. The van der Waals surface area contributed by atoms with E-state index >= 15 is 0 Å². The molecule has 0 unspecified atom stereocenters. The molecule has 0 fully saturated rings. The van der Waals surface area contributed by atoms with Crippen LogP contribution in [0.15, 0.2) is 43.0 Å². The maximum absolute atomic E-state index is 11.1. The van der Waals surface area contributed by atoms with Crippen LogP contribution in [0.3, 0.4) is 0 Å². The van der Waals surface area contributed by atoms with Crippen molar-refractivity contribution in [2.75, 3.05) is 0 Å². The molecule has 0 aliphatic carbocycles. The third-order valence-electron chi connectivity index (χ3n) is 1.62. The Morgan fingerprint density at radius 1 is 1.33 bits per heavy atom. The molecule has 0 atom stereocenters. The molecule has 1 heteroatoms. The van der Waals surface area contributed by atoms with Gasteiger partial charge in [-0.2, -0.15) is 0 Å². The van der Waals surface area contributed by atoms with Crippen molar-refractivity contribution < 1.29 is 4.79 Å². The fraction of sp³-hybridized carbons (Fsp3) is 0.182. The Hall–Kier alpha value is -1.37. The van der Waals surface area contributed by atoms with Gasteiger partial charge in [-0.05, 0) is 5.56 Å². The Bertz CT molecular complexity index is 262. The van der Waals surface area contributed by atoms with Crippen LogP contribution in [-0.2, 0) is 11.2 Å². The average Bonchev–Trinajstić information content (AvgIpc) is 2.06. The lowest BCUT2D eigenvalue weighted by Crippen LogP contribution is -1.99. The Morgan fingerprint density at radius 2 is 2.00 bits per heavy atom. The summed E-state index contributed by atoms with van der Waals surface area (Å²) >= 11 is 0. The lowest BCUT2D eigenvalue weighted by atomic mass is 10.1. The van der Waals surface area contributed by atoms with Gasteiger partial charge in [0.2, 0.25) is 0 Å². The normalized spacial score (nSPS) is 9.33. The van der Waals surface area contributed by atoms with Crippen LogP contribution in [0.4, 0.5) is 0 Å². The topological polar surface area (TPSA) is 17.1 Å². The minimum Gasteiger partial charge on any atom is -0.299 e. The highest BCUT2D eigenvalue weighted by Crippen LogP contribution is 2.01. The molecule has 0 aliphatic rings. The predicted octanol–water partition coefficient (Wildman–Crippen LogP) is 2.37. The SMILES string of the molecule is C=CCC(=O)Cc1ccccc1. The quantitative estimate of drug-likeness (QED) is 0.618. The van der Waals surface area contributed by atoms with E-state index in [-0.39, 0.29) is 5.78 Å². The van der Waals surface area contributed by atoms with Gasteiger partial charge in [0, 0.05) is 12.8 Å². The summed E-state index contributed by atoms with van der Waals surface area (Å²) in [6.07, 6.45) is 2.63. The molecular formula is C11H12O. The van der Waals surface area contributed by atoms with E-state index in [1.807, 2.05) is 30.3 Å². The molecule has 0 saturated heterocycles. The second-order valence-corrected chi connectivity index (χ2v) is 2.69. The monoisotopic (exact) mass is 160 g/mol. The number of hydrogen-bond donors (Lipinski definition) is 0. The van der Waals surface area contributed by atoms with Crippen LogP contribution >= 0.6 is 0 Å². The third kappa shape index (κ3) is 2.70. The highest BCUT2D eigenvalue weighted by atomic mass is 16.1. The first-order valence-corrected chi connectivity index (χ1v) is 3.99. The summed E-state index contributed by atoms with van der Waals surface area (Å²) in [5.41, 5.74) is 1.07. The van der Waals surface area contributed by atoms with Crippen LogP contribution in [0.2, 0.25) is 0 Å². The lowest BCUT2D eigenvalue weighted by Gasteiger charge is -1.96. The predicted molar refractivity (Wildman–Crippen MR) is 50.0 cm³/mol. The fourth-order valence-electron chi connectivity index (χ4n) is 1.06. The van der Waals surface area contributed by atoms with Gasteiger partial charge in [-0.3, -0.25) is 4.79 Å². The smallest absolute Gasteiger partial charge is 0.140 e. The van der Waals surface area contributed by atoms with Gasteiger partial charge in [-0.15, -0.1) is 6.58 Å². The van der Waals surface area contributed by atoms with Crippen molar-refractivity contribution >= 4 is 5.78 Å². The van der Waals surface area contributed by atoms with E-state index in [9.17, 15) is 4.79 Å². The molecule has 1 rings (SSSR count). The zero-order valence-corrected chi connectivity index (χ0v) is 6.99. The van der Waals surface area contributed by atoms with Crippen LogP contribution in [0, 0.1) is 0 Å². The number of Topliss-reactive ketones (excluding diaryl/α,β-unsaturated/α-hetero) is 1. The van der Waals surface area contributed by atoms with Gasteiger partial charge in [0.05, 0.1) is 0 Å². The molecule has 0 radical (unpaired) electrons. The summed E-state index contributed by atoms with van der Waals surface area (Å²) in [6, 6.07) is 9.75. The summed E-state index contributed by atoms with van der Waals surface area (Å²) in [5, 5.41) is 0. The standard InChI is InChI=1S/C11H12O/c1-2-6-11(12)9-10-7-4-3-5-8-10/h2-5,7-8H,1,6,9H2. The van der Waals surface area contributed by atoms with E-state index in [4.69, 9.17) is 0 Å². The van der Waals surface area contributed by atoms with Crippen LogP contribution in [0.5, 0.6) is 0 Å². The van der Waals surface area contributed by atoms with Gasteiger partial charge in [0.1, 0.15) is 5.78 Å². The summed E-state index contributed by atoms with van der Waals surface area (Å²) in [5.74, 6) is 0.219. The van der Waals surface area contributed by atoms with Crippen LogP contribution < -0.4 is 0 Å². The molecule has 0 spiro atoms. The summed E-state index contributed by atoms with van der Waals surface area (Å²) in [7, 11) is 0.